The first-order valence-electron chi connectivity index (χ1n) is 7.05. The molecule has 10 nitrogen and oxygen atoms in total. The zero-order valence-corrected chi connectivity index (χ0v) is 12.8. The number of aliphatic carboxylic acids is 2. The molecular formula is C14H17N3O7. The van der Waals surface area contributed by atoms with Crippen molar-refractivity contribution in [3.05, 3.63) is 43.8 Å². The molecule has 10 heteroatoms. The van der Waals surface area contributed by atoms with E-state index in [4.69, 9.17) is 10.2 Å². The summed E-state index contributed by atoms with van der Waals surface area (Å²) in [4.78, 5) is 57.7. The lowest BCUT2D eigenvalue weighted by molar-refractivity contribution is -0.138. The van der Waals surface area contributed by atoms with Gasteiger partial charge in [0.25, 0.3) is 0 Å². The van der Waals surface area contributed by atoms with Gasteiger partial charge in [-0.05, 0) is 12.8 Å². The molecule has 1 aromatic rings. The smallest absolute Gasteiger partial charge is 0.340 e. The monoisotopic (exact) mass is 339 g/mol. The molecule has 0 aliphatic rings. The van der Waals surface area contributed by atoms with E-state index in [1.807, 2.05) is 0 Å². The third-order valence-electron chi connectivity index (χ3n) is 3.10. The molecule has 0 atom stereocenters. The summed E-state index contributed by atoms with van der Waals surface area (Å²) in [6.07, 6.45) is 0.513. The van der Waals surface area contributed by atoms with Gasteiger partial charge in [-0.2, -0.15) is 0 Å². The molecule has 1 aromatic heterocycles. The summed E-state index contributed by atoms with van der Waals surface area (Å²) >= 11 is 0. The molecule has 0 spiro atoms. The van der Waals surface area contributed by atoms with Gasteiger partial charge in [-0.15, -0.1) is 5.73 Å². The Hall–Kier alpha value is -3.13. The summed E-state index contributed by atoms with van der Waals surface area (Å²) in [5, 5.41) is 17.3. The Morgan fingerprint density at radius 2 is 1.33 bits per heavy atom. The van der Waals surface area contributed by atoms with E-state index < -0.39 is 29.0 Å². The molecule has 1 rings (SSSR count). The van der Waals surface area contributed by atoms with E-state index in [1.165, 1.54) is 0 Å². The van der Waals surface area contributed by atoms with Crippen LogP contribution in [0, 0.1) is 0 Å². The standard InChI is InChI=1S/C14H17N3O7/c1-2-7-15-12(22)16(8-3-5-10(18)19)14(24)17(13(15)23)9-4-6-11(20)21/h7H,1,3-6,8-9H2,(H,18,19)(H,20,21). The minimum absolute atomic E-state index is 0.0234. The van der Waals surface area contributed by atoms with Crippen molar-refractivity contribution >= 4 is 18.1 Å². The Kier molecular flexibility index (Phi) is 6.69. The van der Waals surface area contributed by atoms with Crippen LogP contribution in [0.2, 0.25) is 0 Å². The quantitative estimate of drug-likeness (QED) is 0.559. The molecule has 0 aliphatic carbocycles. The van der Waals surface area contributed by atoms with Crippen LogP contribution in [0.3, 0.4) is 0 Å². The van der Waals surface area contributed by atoms with Crippen LogP contribution in [0.5, 0.6) is 0 Å². The van der Waals surface area contributed by atoms with Gasteiger partial charge in [-0.3, -0.25) is 9.59 Å². The van der Waals surface area contributed by atoms with Crippen molar-refractivity contribution in [3.8, 4) is 0 Å². The molecule has 0 aliphatic heterocycles. The summed E-state index contributed by atoms with van der Waals surface area (Å²) in [5.41, 5.74) is -0.508. The molecule has 0 saturated carbocycles. The van der Waals surface area contributed by atoms with Crippen LogP contribution >= 0.6 is 0 Å². The second-order valence-corrected chi connectivity index (χ2v) is 4.85. The second kappa shape index (κ2) is 8.49. The zero-order chi connectivity index (χ0) is 18.3. The Morgan fingerprint density at radius 3 is 1.67 bits per heavy atom. The minimum atomic E-state index is -1.08. The van der Waals surface area contributed by atoms with E-state index >= 15 is 0 Å². The van der Waals surface area contributed by atoms with E-state index in [-0.39, 0.29) is 38.8 Å². The second-order valence-electron chi connectivity index (χ2n) is 4.85. The highest BCUT2D eigenvalue weighted by molar-refractivity contribution is 5.66. The number of carboxylic acid groups (broad SMARTS) is 2. The third kappa shape index (κ3) is 4.68. The van der Waals surface area contributed by atoms with Gasteiger partial charge in [0.15, 0.2) is 0 Å². The van der Waals surface area contributed by atoms with Gasteiger partial charge in [0.05, 0.1) is 6.20 Å². The van der Waals surface area contributed by atoms with Crippen LogP contribution in [0.4, 0.5) is 0 Å². The molecule has 24 heavy (non-hydrogen) atoms. The van der Waals surface area contributed by atoms with Crippen molar-refractivity contribution in [2.24, 2.45) is 0 Å². The van der Waals surface area contributed by atoms with Crippen LogP contribution < -0.4 is 17.1 Å². The van der Waals surface area contributed by atoms with Crippen LogP contribution in [0.1, 0.15) is 25.7 Å². The van der Waals surface area contributed by atoms with E-state index in [9.17, 15) is 24.0 Å². The molecule has 130 valence electrons. The number of carbonyl (C=O) groups is 2. The fourth-order valence-corrected chi connectivity index (χ4v) is 2.01. The normalized spacial score (nSPS) is 10.2. The summed E-state index contributed by atoms with van der Waals surface area (Å²) in [7, 11) is 0. The van der Waals surface area contributed by atoms with E-state index in [0.29, 0.717) is 4.57 Å². The Bertz CT molecular complexity index is 794. The molecule has 0 radical (unpaired) electrons. The lowest BCUT2D eigenvalue weighted by atomic mass is 10.3. The van der Waals surface area contributed by atoms with Crippen molar-refractivity contribution in [3.63, 3.8) is 0 Å². The first kappa shape index (κ1) is 18.9. The Labute approximate surface area is 135 Å². The van der Waals surface area contributed by atoms with E-state index in [1.54, 1.807) is 0 Å². The summed E-state index contributed by atoms with van der Waals surface area (Å²) in [6.45, 7) is 2.89. The molecule has 0 saturated heterocycles. The van der Waals surface area contributed by atoms with Gasteiger partial charge in [0.1, 0.15) is 0 Å². The number of nitrogens with zero attached hydrogens (tertiary/aromatic N) is 3. The third-order valence-corrected chi connectivity index (χ3v) is 3.10. The van der Waals surface area contributed by atoms with Crippen molar-refractivity contribution in [1.29, 1.82) is 0 Å². The fraction of sp³-hybridized carbons (Fsp3) is 0.429. The van der Waals surface area contributed by atoms with Crippen molar-refractivity contribution in [2.75, 3.05) is 0 Å². The Balaban J connectivity index is 3.34. The average molecular weight is 339 g/mol. The predicted octanol–water partition coefficient (Wildman–Crippen LogP) is -0.843. The lowest BCUT2D eigenvalue weighted by Gasteiger charge is -2.11. The van der Waals surface area contributed by atoms with Gasteiger partial charge in [0, 0.05) is 25.9 Å². The molecule has 1 heterocycles. The first-order chi connectivity index (χ1) is 11.3. The zero-order valence-electron chi connectivity index (χ0n) is 12.8. The number of hydrogen-bond donors (Lipinski definition) is 2. The maximum atomic E-state index is 12.3. The van der Waals surface area contributed by atoms with Crippen LogP contribution in [-0.4, -0.2) is 35.9 Å². The molecular weight excluding hydrogens is 322 g/mol. The highest BCUT2D eigenvalue weighted by Crippen LogP contribution is 1.93. The van der Waals surface area contributed by atoms with Gasteiger partial charge < -0.3 is 10.2 Å². The minimum Gasteiger partial charge on any atom is -0.481 e. The van der Waals surface area contributed by atoms with Crippen molar-refractivity contribution < 1.29 is 19.8 Å². The highest BCUT2D eigenvalue weighted by atomic mass is 16.4. The van der Waals surface area contributed by atoms with Gasteiger partial charge in [-0.1, -0.05) is 6.58 Å². The average Bonchev–Trinajstić information content (AvgIpc) is 2.50. The summed E-state index contributed by atoms with van der Waals surface area (Å²) < 4.78 is 2.09. The molecule has 0 unspecified atom stereocenters. The first-order valence-corrected chi connectivity index (χ1v) is 7.05. The number of aromatic nitrogens is 3. The van der Waals surface area contributed by atoms with E-state index in [2.05, 4.69) is 12.3 Å². The lowest BCUT2D eigenvalue weighted by Crippen LogP contribution is -2.53. The van der Waals surface area contributed by atoms with Crippen LogP contribution in [0.15, 0.2) is 26.7 Å². The van der Waals surface area contributed by atoms with Gasteiger partial charge >= 0.3 is 29.0 Å². The van der Waals surface area contributed by atoms with Crippen molar-refractivity contribution in [1.82, 2.24) is 13.7 Å². The molecule has 2 N–H and O–H groups in total. The SMILES string of the molecule is C=C=Cn1c(=O)n(CCCC(=O)O)c(=O)n(CCCC(=O)O)c1=O. The highest BCUT2D eigenvalue weighted by Gasteiger charge is 2.14. The largest absolute Gasteiger partial charge is 0.481 e. The van der Waals surface area contributed by atoms with Crippen LogP contribution in [0.25, 0.3) is 6.20 Å². The fourth-order valence-electron chi connectivity index (χ4n) is 2.01. The molecule has 0 bridgehead atoms. The summed E-state index contributed by atoms with van der Waals surface area (Å²) in [5.74, 6) is -2.16. The van der Waals surface area contributed by atoms with E-state index in [0.717, 1.165) is 15.3 Å². The van der Waals surface area contributed by atoms with Gasteiger partial charge in [0.2, 0.25) is 0 Å². The predicted molar refractivity (Wildman–Crippen MR) is 82.9 cm³/mol. The molecule has 0 amide bonds. The number of rotatable bonds is 9. The van der Waals surface area contributed by atoms with Crippen LogP contribution in [-0.2, 0) is 22.7 Å². The molecule has 0 fully saturated rings. The Morgan fingerprint density at radius 1 is 0.917 bits per heavy atom. The maximum Gasteiger partial charge on any atom is 0.340 e. The maximum absolute atomic E-state index is 12.3. The number of hydrogen-bond acceptors (Lipinski definition) is 5. The molecule has 0 aromatic carbocycles. The number of carboxylic acids is 2. The van der Waals surface area contributed by atoms with Gasteiger partial charge in [-0.25, -0.2) is 28.1 Å². The topological polar surface area (TPSA) is 141 Å². The van der Waals surface area contributed by atoms with Crippen molar-refractivity contribution in [2.45, 2.75) is 38.8 Å². The summed E-state index contributed by atoms with van der Waals surface area (Å²) in [6, 6.07) is 0.